The lowest BCUT2D eigenvalue weighted by atomic mass is 9.99. The molecule has 6 nitrogen and oxygen atoms in total. The lowest BCUT2D eigenvalue weighted by Crippen LogP contribution is -2.32. The van der Waals surface area contributed by atoms with Crippen LogP contribution in [0, 0.1) is 0 Å². The van der Waals surface area contributed by atoms with Gasteiger partial charge in [0.2, 0.25) is 10.0 Å². The number of sulfonamides is 1. The van der Waals surface area contributed by atoms with Crippen LogP contribution in [0.5, 0.6) is 0 Å². The highest BCUT2D eigenvalue weighted by Gasteiger charge is 2.31. The van der Waals surface area contributed by atoms with Gasteiger partial charge in [0.15, 0.2) is 0 Å². The summed E-state index contributed by atoms with van der Waals surface area (Å²) in [6.07, 6.45) is 1.17. The van der Waals surface area contributed by atoms with Crippen LogP contribution in [0.15, 0.2) is 82.3 Å². The van der Waals surface area contributed by atoms with Gasteiger partial charge >= 0.3 is 5.97 Å². The van der Waals surface area contributed by atoms with E-state index in [9.17, 15) is 13.2 Å². The molecule has 0 N–H and O–H groups in total. The van der Waals surface area contributed by atoms with Gasteiger partial charge in [0.25, 0.3) is 0 Å². The molecule has 0 saturated carbocycles. The Morgan fingerprint density at radius 3 is 2.28 bits per heavy atom. The molecule has 0 amide bonds. The molecule has 0 spiro atoms. The summed E-state index contributed by atoms with van der Waals surface area (Å²) in [4.78, 5) is 15.5. The Morgan fingerprint density at radius 2 is 1.69 bits per heavy atom. The average Bonchev–Trinajstić information content (AvgIpc) is 2.75. The monoisotopic (exact) mass is 474 g/mol. The molecular formula is C21H19BrN2O4S. The third-order valence-electron chi connectivity index (χ3n) is 4.49. The topological polar surface area (TPSA) is 76.6 Å². The minimum absolute atomic E-state index is 0.0133. The van der Waals surface area contributed by atoms with E-state index >= 15 is 0 Å². The fourth-order valence-corrected chi connectivity index (χ4v) is 4.75. The standard InChI is InChI=1S/C21H19BrN2O4S/c1-24(29(26,27)16-12-13-19(23-14-16)21(25)28-2)20(15-8-4-3-5-9-15)17-10-6-7-11-18(17)22/h3-14,20H,1-2H3. The average molecular weight is 475 g/mol. The molecule has 0 aliphatic heterocycles. The Balaban J connectivity index is 2.06. The normalized spacial score (nSPS) is 12.6. The van der Waals surface area contributed by atoms with E-state index in [1.54, 1.807) is 0 Å². The number of ether oxygens (including phenoxy) is 1. The smallest absolute Gasteiger partial charge is 0.356 e. The van der Waals surface area contributed by atoms with Crippen molar-refractivity contribution in [2.45, 2.75) is 10.9 Å². The molecule has 0 aliphatic rings. The first-order valence-corrected chi connectivity index (χ1v) is 10.9. The molecule has 1 unspecified atom stereocenters. The zero-order valence-electron chi connectivity index (χ0n) is 15.8. The number of aromatic nitrogens is 1. The minimum atomic E-state index is -3.90. The van der Waals surface area contributed by atoms with Gasteiger partial charge in [-0.25, -0.2) is 18.2 Å². The molecule has 150 valence electrons. The molecule has 3 aromatic rings. The summed E-state index contributed by atoms with van der Waals surface area (Å²) in [7, 11) is -1.13. The van der Waals surface area contributed by atoms with Crippen molar-refractivity contribution < 1.29 is 17.9 Å². The Bertz CT molecular complexity index is 1100. The van der Waals surface area contributed by atoms with Crippen LogP contribution < -0.4 is 0 Å². The lowest BCUT2D eigenvalue weighted by Gasteiger charge is -2.29. The third kappa shape index (κ3) is 4.39. The largest absolute Gasteiger partial charge is 0.464 e. The lowest BCUT2D eigenvalue weighted by molar-refractivity contribution is 0.0594. The number of nitrogens with zero attached hydrogens (tertiary/aromatic N) is 2. The van der Waals surface area contributed by atoms with Crippen molar-refractivity contribution in [2.24, 2.45) is 0 Å². The predicted molar refractivity (Wildman–Crippen MR) is 113 cm³/mol. The quantitative estimate of drug-likeness (QED) is 0.503. The highest BCUT2D eigenvalue weighted by Crippen LogP contribution is 2.35. The Labute approximate surface area is 178 Å². The van der Waals surface area contributed by atoms with Gasteiger partial charge < -0.3 is 4.74 Å². The number of carbonyl (C=O) groups excluding carboxylic acids is 1. The zero-order valence-corrected chi connectivity index (χ0v) is 18.2. The van der Waals surface area contributed by atoms with Crippen LogP contribution in [0.4, 0.5) is 0 Å². The Hall–Kier alpha value is -2.55. The van der Waals surface area contributed by atoms with Gasteiger partial charge in [0.05, 0.1) is 13.2 Å². The number of benzene rings is 2. The van der Waals surface area contributed by atoms with Crippen LogP contribution in [-0.4, -0.2) is 37.8 Å². The van der Waals surface area contributed by atoms with Crippen molar-refractivity contribution in [3.05, 3.63) is 94.2 Å². The number of pyridine rings is 1. The van der Waals surface area contributed by atoms with Gasteiger partial charge in [-0.1, -0.05) is 64.5 Å². The van der Waals surface area contributed by atoms with Crippen LogP contribution in [0.1, 0.15) is 27.7 Å². The van der Waals surface area contributed by atoms with E-state index in [1.165, 1.54) is 36.8 Å². The second kappa shape index (κ2) is 8.86. The van der Waals surface area contributed by atoms with Crippen LogP contribution in [0.3, 0.4) is 0 Å². The maximum Gasteiger partial charge on any atom is 0.356 e. The SMILES string of the molecule is COC(=O)c1ccc(S(=O)(=O)N(C)C(c2ccccc2)c2ccccc2Br)cn1. The zero-order chi connectivity index (χ0) is 21.0. The van der Waals surface area contributed by atoms with Crippen LogP contribution >= 0.6 is 15.9 Å². The number of hydrogen-bond donors (Lipinski definition) is 0. The van der Waals surface area contributed by atoms with E-state index < -0.39 is 22.0 Å². The molecule has 0 aliphatic carbocycles. The molecular weight excluding hydrogens is 456 g/mol. The van der Waals surface area contributed by atoms with Gasteiger partial charge in [0, 0.05) is 17.7 Å². The van der Waals surface area contributed by atoms with Gasteiger partial charge in [0.1, 0.15) is 10.6 Å². The molecule has 29 heavy (non-hydrogen) atoms. The second-order valence-electron chi connectivity index (χ2n) is 6.23. The number of carbonyl (C=O) groups is 1. The Kier molecular flexibility index (Phi) is 6.46. The van der Waals surface area contributed by atoms with Crippen molar-refractivity contribution in [3.63, 3.8) is 0 Å². The maximum absolute atomic E-state index is 13.3. The molecule has 3 rings (SSSR count). The second-order valence-corrected chi connectivity index (χ2v) is 9.08. The molecule has 1 heterocycles. The van der Waals surface area contributed by atoms with Crippen molar-refractivity contribution in [1.29, 1.82) is 0 Å². The molecule has 8 heteroatoms. The maximum atomic E-state index is 13.3. The van der Waals surface area contributed by atoms with E-state index in [2.05, 4.69) is 25.7 Å². The molecule has 1 atom stereocenters. The molecule has 0 fully saturated rings. The van der Waals surface area contributed by atoms with Gasteiger partial charge in [-0.15, -0.1) is 0 Å². The predicted octanol–water partition coefficient (Wildman–Crippen LogP) is 4.04. The van der Waals surface area contributed by atoms with E-state index in [4.69, 9.17) is 0 Å². The third-order valence-corrected chi connectivity index (χ3v) is 7.02. The number of halogens is 1. The summed E-state index contributed by atoms with van der Waals surface area (Å²) >= 11 is 3.53. The van der Waals surface area contributed by atoms with Crippen molar-refractivity contribution >= 4 is 31.9 Å². The first-order valence-electron chi connectivity index (χ1n) is 8.68. The van der Waals surface area contributed by atoms with Crippen LogP contribution in [-0.2, 0) is 14.8 Å². The summed E-state index contributed by atoms with van der Waals surface area (Å²) in [6, 6.07) is 19.0. The highest BCUT2D eigenvalue weighted by atomic mass is 79.9. The van der Waals surface area contributed by atoms with Crippen LogP contribution in [0.25, 0.3) is 0 Å². The highest BCUT2D eigenvalue weighted by molar-refractivity contribution is 9.10. The van der Waals surface area contributed by atoms with Crippen LogP contribution in [0.2, 0.25) is 0 Å². The van der Waals surface area contributed by atoms with Gasteiger partial charge in [-0.2, -0.15) is 4.31 Å². The molecule has 0 saturated heterocycles. The Morgan fingerprint density at radius 1 is 1.03 bits per heavy atom. The number of hydrogen-bond acceptors (Lipinski definition) is 5. The van der Waals surface area contributed by atoms with E-state index in [1.807, 2.05) is 54.6 Å². The minimum Gasteiger partial charge on any atom is -0.464 e. The summed E-state index contributed by atoms with van der Waals surface area (Å²) in [6.45, 7) is 0. The van der Waals surface area contributed by atoms with Crippen molar-refractivity contribution in [2.75, 3.05) is 14.2 Å². The van der Waals surface area contributed by atoms with Gasteiger partial charge in [-0.05, 0) is 29.3 Å². The number of rotatable bonds is 6. The van der Waals surface area contributed by atoms with E-state index in [0.29, 0.717) is 0 Å². The van der Waals surface area contributed by atoms with Crippen molar-refractivity contribution in [1.82, 2.24) is 9.29 Å². The summed E-state index contributed by atoms with van der Waals surface area (Å²) in [5.41, 5.74) is 1.67. The number of methoxy groups -OCH3 is 1. The molecule has 0 radical (unpaired) electrons. The molecule has 0 bridgehead atoms. The van der Waals surface area contributed by atoms with Gasteiger partial charge in [-0.3, -0.25) is 0 Å². The summed E-state index contributed by atoms with van der Waals surface area (Å²) in [5, 5.41) is 0. The fraction of sp³-hybridized carbons (Fsp3) is 0.143. The summed E-state index contributed by atoms with van der Waals surface area (Å²) < 4.78 is 33.4. The first-order chi connectivity index (χ1) is 13.9. The van der Waals surface area contributed by atoms with E-state index in [-0.39, 0.29) is 10.6 Å². The van der Waals surface area contributed by atoms with Crippen molar-refractivity contribution in [3.8, 4) is 0 Å². The molecule has 1 aromatic heterocycles. The first kappa shape index (κ1) is 21.2. The fourth-order valence-electron chi connectivity index (χ4n) is 2.98. The van der Waals surface area contributed by atoms with E-state index in [0.717, 1.165) is 15.6 Å². The number of esters is 1. The molecule has 2 aromatic carbocycles. The summed E-state index contributed by atoms with van der Waals surface area (Å²) in [5.74, 6) is -0.627.